The number of rotatable bonds is 7. The van der Waals surface area contributed by atoms with Gasteiger partial charge in [0.05, 0.1) is 9.95 Å². The molecular weight excluding hydrogens is 505 g/mol. The fourth-order valence-electron chi connectivity index (χ4n) is 2.72. The number of anilines is 1. The number of nitrogens with one attached hydrogen (secondary N) is 1. The van der Waals surface area contributed by atoms with Gasteiger partial charge in [-0.2, -0.15) is 13.7 Å². The third-order valence-corrected chi connectivity index (χ3v) is 5.98. The summed E-state index contributed by atoms with van der Waals surface area (Å²) in [6.45, 7) is 0. The maximum atomic E-state index is 12.7. The Morgan fingerprint density at radius 2 is 1.79 bits per heavy atom. The zero-order chi connectivity index (χ0) is 24.9. The van der Waals surface area contributed by atoms with Crippen molar-refractivity contribution < 1.29 is 22.3 Å². The Labute approximate surface area is 204 Å². The van der Waals surface area contributed by atoms with E-state index >= 15 is 0 Å². The van der Waals surface area contributed by atoms with Crippen LogP contribution in [0.2, 0.25) is 10.0 Å². The van der Waals surface area contributed by atoms with Crippen LogP contribution in [0.15, 0.2) is 77.2 Å². The number of hydrogen-bond donors (Lipinski definition) is 1. The molecule has 172 valence electrons. The summed E-state index contributed by atoms with van der Waals surface area (Å²) in [6, 6.07) is 16.6. The molecule has 9 nitrogen and oxygen atoms in total. The molecule has 12 heteroatoms. The lowest BCUT2D eigenvalue weighted by atomic mass is 10.1. The number of hydrogen-bond acceptors (Lipinski definition) is 7. The molecule has 3 rings (SSSR count). The van der Waals surface area contributed by atoms with Crippen LogP contribution < -0.4 is 9.50 Å². The highest BCUT2D eigenvalue weighted by Crippen LogP contribution is 2.36. The predicted molar refractivity (Wildman–Crippen MR) is 126 cm³/mol. The van der Waals surface area contributed by atoms with E-state index in [-0.39, 0.29) is 37.6 Å². The van der Waals surface area contributed by atoms with E-state index in [1.807, 2.05) is 0 Å². The summed E-state index contributed by atoms with van der Waals surface area (Å²) >= 11 is 12.2. The van der Waals surface area contributed by atoms with E-state index in [4.69, 9.17) is 27.4 Å². The smallest absolute Gasteiger partial charge is 0.339 e. The van der Waals surface area contributed by atoms with E-state index in [0.717, 1.165) is 12.1 Å². The largest absolute Gasteiger partial charge is 0.377 e. The number of benzene rings is 3. The van der Waals surface area contributed by atoms with Crippen molar-refractivity contribution in [3.8, 4) is 11.8 Å². The summed E-state index contributed by atoms with van der Waals surface area (Å²) in [5.41, 5.74) is -0.703. The fraction of sp³-hybridized carbons (Fsp3) is 0. The summed E-state index contributed by atoms with van der Waals surface area (Å²) in [5, 5.41) is 22.7. The summed E-state index contributed by atoms with van der Waals surface area (Å²) in [7, 11) is -4.30. The Morgan fingerprint density at radius 3 is 2.44 bits per heavy atom. The summed E-state index contributed by atoms with van der Waals surface area (Å²) in [4.78, 5) is 22.8. The van der Waals surface area contributed by atoms with Gasteiger partial charge in [-0.25, -0.2) is 0 Å². The highest BCUT2D eigenvalue weighted by molar-refractivity contribution is 7.87. The topological polar surface area (TPSA) is 139 Å². The Bertz CT molecular complexity index is 1450. The van der Waals surface area contributed by atoms with Gasteiger partial charge in [0.15, 0.2) is 5.75 Å². The van der Waals surface area contributed by atoms with Crippen LogP contribution in [0.4, 0.5) is 11.4 Å². The van der Waals surface area contributed by atoms with Crippen LogP contribution in [0.1, 0.15) is 5.56 Å². The summed E-state index contributed by atoms with van der Waals surface area (Å²) in [5.74, 6) is -1.25. The predicted octanol–water partition coefficient (Wildman–Crippen LogP) is 5.21. The van der Waals surface area contributed by atoms with Crippen LogP contribution >= 0.6 is 23.2 Å². The first-order valence-electron chi connectivity index (χ1n) is 9.27. The van der Waals surface area contributed by atoms with Gasteiger partial charge in [-0.15, -0.1) is 0 Å². The van der Waals surface area contributed by atoms with Crippen molar-refractivity contribution in [1.82, 2.24) is 0 Å². The van der Waals surface area contributed by atoms with Crippen LogP contribution in [0.25, 0.3) is 6.08 Å². The van der Waals surface area contributed by atoms with Gasteiger partial charge in [-0.1, -0.05) is 47.5 Å². The molecule has 0 fully saturated rings. The molecule has 0 aliphatic rings. The van der Waals surface area contributed by atoms with Crippen LogP contribution in [0, 0.1) is 21.4 Å². The van der Waals surface area contributed by atoms with Crippen LogP contribution in [-0.4, -0.2) is 19.2 Å². The van der Waals surface area contributed by atoms with Gasteiger partial charge >= 0.3 is 10.1 Å². The molecule has 0 radical (unpaired) electrons. The zero-order valence-corrected chi connectivity index (χ0v) is 19.3. The van der Waals surface area contributed by atoms with Gasteiger partial charge in [-0.05, 0) is 36.4 Å². The van der Waals surface area contributed by atoms with Gasteiger partial charge < -0.3 is 9.50 Å². The quantitative estimate of drug-likeness (QED) is 0.149. The van der Waals surface area contributed by atoms with Gasteiger partial charge in [0, 0.05) is 28.4 Å². The van der Waals surface area contributed by atoms with Gasteiger partial charge in [-0.3, -0.25) is 14.9 Å². The normalized spacial score (nSPS) is 11.4. The van der Waals surface area contributed by atoms with E-state index in [1.54, 1.807) is 12.1 Å². The first kappa shape index (κ1) is 24.7. The van der Waals surface area contributed by atoms with Crippen LogP contribution in [0.3, 0.4) is 0 Å². The number of nitrogens with zero attached hydrogens (tertiary/aromatic N) is 2. The lowest BCUT2D eigenvalue weighted by molar-refractivity contribution is -0.384. The summed E-state index contributed by atoms with van der Waals surface area (Å²) in [6.07, 6.45) is 1.04. The number of nitro benzene ring substituents is 1. The maximum absolute atomic E-state index is 12.7. The zero-order valence-electron chi connectivity index (χ0n) is 16.9. The average Bonchev–Trinajstić information content (AvgIpc) is 2.80. The van der Waals surface area contributed by atoms with Crippen molar-refractivity contribution in [3.63, 3.8) is 0 Å². The molecule has 0 aromatic heterocycles. The first-order chi connectivity index (χ1) is 16.1. The minimum atomic E-state index is -4.30. The molecule has 0 bridgehead atoms. The van der Waals surface area contributed by atoms with Crippen LogP contribution in [0.5, 0.6) is 5.75 Å². The standard InChI is InChI=1S/C22H13Cl2N3O6S/c23-16-10-14(21(20(24)11-16)33-34(31,32)19-7-2-1-3-8-19)9-15(13-25)22(28)26-17-5-4-6-18(12-17)27(29)30/h1-12H,(H,26,28)/b15-9+. The molecule has 0 spiro atoms. The number of amides is 1. The highest BCUT2D eigenvalue weighted by Gasteiger charge is 2.22. The Balaban J connectivity index is 1.99. The Kier molecular flexibility index (Phi) is 7.53. The SMILES string of the molecule is N#C/C(=C\c1cc(Cl)cc(Cl)c1OS(=O)(=O)c1ccccc1)C(=O)Nc1cccc([N+](=O)[O-])c1. The molecule has 1 N–H and O–H groups in total. The molecule has 3 aromatic rings. The number of nitriles is 1. The number of carbonyl (C=O) groups is 1. The number of halogens is 2. The monoisotopic (exact) mass is 517 g/mol. The van der Waals surface area contributed by atoms with Crippen LogP contribution in [-0.2, 0) is 14.9 Å². The Morgan fingerprint density at radius 1 is 1.09 bits per heavy atom. The van der Waals surface area contributed by atoms with Crippen molar-refractivity contribution in [2.75, 3.05) is 5.32 Å². The molecule has 0 atom stereocenters. The lowest BCUT2D eigenvalue weighted by Gasteiger charge is -2.12. The van der Waals surface area contributed by atoms with Gasteiger partial charge in [0.25, 0.3) is 11.6 Å². The molecular formula is C22H13Cl2N3O6S. The number of non-ortho nitro benzene ring substituents is 1. The van der Waals surface area contributed by atoms with E-state index in [2.05, 4.69) is 5.32 Å². The molecule has 0 aliphatic carbocycles. The minimum Gasteiger partial charge on any atom is -0.377 e. The molecule has 0 unspecified atom stereocenters. The molecule has 1 amide bonds. The number of nitro groups is 1. The van der Waals surface area contributed by atoms with Gasteiger partial charge in [0.2, 0.25) is 0 Å². The number of carbonyl (C=O) groups excluding carboxylic acids is 1. The van der Waals surface area contributed by atoms with Crippen molar-refractivity contribution in [3.05, 3.63) is 98.0 Å². The van der Waals surface area contributed by atoms with Crippen molar-refractivity contribution in [2.24, 2.45) is 0 Å². The molecule has 0 aliphatic heterocycles. The van der Waals surface area contributed by atoms with E-state index in [0.29, 0.717) is 0 Å². The first-order valence-corrected chi connectivity index (χ1v) is 11.4. The maximum Gasteiger partial charge on any atom is 0.339 e. The van der Waals surface area contributed by atoms with Crippen molar-refractivity contribution >= 4 is 56.7 Å². The molecule has 0 saturated heterocycles. The second kappa shape index (κ2) is 10.4. The second-order valence-corrected chi connectivity index (χ2v) is 8.98. The molecule has 34 heavy (non-hydrogen) atoms. The van der Waals surface area contributed by atoms with E-state index < -0.39 is 26.5 Å². The third kappa shape index (κ3) is 5.90. The van der Waals surface area contributed by atoms with Gasteiger partial charge in [0.1, 0.15) is 16.5 Å². The third-order valence-electron chi connectivity index (χ3n) is 4.24. The van der Waals surface area contributed by atoms with Crippen molar-refractivity contribution in [2.45, 2.75) is 4.90 Å². The fourth-order valence-corrected chi connectivity index (χ4v) is 4.31. The average molecular weight is 518 g/mol. The molecule has 0 saturated carbocycles. The minimum absolute atomic E-state index is 0.0530. The van der Waals surface area contributed by atoms with E-state index in [1.165, 1.54) is 54.6 Å². The molecule has 3 aromatic carbocycles. The Hall–Kier alpha value is -3.91. The molecule has 0 heterocycles. The second-order valence-electron chi connectivity index (χ2n) is 6.59. The lowest BCUT2D eigenvalue weighted by Crippen LogP contribution is -2.14. The van der Waals surface area contributed by atoms with Crippen molar-refractivity contribution in [1.29, 1.82) is 5.26 Å². The highest BCUT2D eigenvalue weighted by atomic mass is 35.5. The van der Waals surface area contributed by atoms with E-state index in [9.17, 15) is 28.6 Å². The summed E-state index contributed by atoms with van der Waals surface area (Å²) < 4.78 is 30.6.